The van der Waals surface area contributed by atoms with E-state index >= 15 is 0 Å². The van der Waals surface area contributed by atoms with Gasteiger partial charge in [-0.15, -0.1) is 0 Å². The van der Waals surface area contributed by atoms with Crippen molar-refractivity contribution in [2.24, 2.45) is 5.16 Å². The highest BCUT2D eigenvalue weighted by atomic mass is 35.5. The van der Waals surface area contributed by atoms with Crippen molar-refractivity contribution in [1.29, 1.82) is 0 Å². The Balaban J connectivity index is 1.48. The zero-order valence-electron chi connectivity index (χ0n) is 16.1. The number of nitrogens with one attached hydrogen (secondary N) is 1. The molecule has 0 fully saturated rings. The van der Waals surface area contributed by atoms with Crippen molar-refractivity contribution in [1.82, 2.24) is 0 Å². The smallest absolute Gasteiger partial charge is 0.347 e. The van der Waals surface area contributed by atoms with Crippen LogP contribution < -0.4 is 14.8 Å². The first-order valence-corrected chi connectivity index (χ1v) is 9.61. The van der Waals surface area contributed by atoms with Crippen LogP contribution in [-0.2, 0) is 19.2 Å². The van der Waals surface area contributed by atoms with Gasteiger partial charge in [0.2, 0.25) is 13.4 Å². The lowest BCUT2D eigenvalue weighted by atomic mass is 10.1. The predicted octanol–water partition coefficient (Wildman–Crippen LogP) is 4.03. The Labute approximate surface area is 182 Å². The fourth-order valence-corrected chi connectivity index (χ4v) is 2.82. The largest absolute Gasteiger partial charge is 0.454 e. The molecule has 0 saturated carbocycles. The number of benzene rings is 2. The average molecular weight is 453 g/mol. The third-order valence-corrected chi connectivity index (χ3v) is 4.88. The van der Waals surface area contributed by atoms with Crippen LogP contribution in [0.1, 0.15) is 19.4 Å². The van der Waals surface area contributed by atoms with Crippen LogP contribution in [0.2, 0.25) is 10.0 Å². The lowest BCUT2D eigenvalue weighted by Gasteiger charge is -2.14. The minimum atomic E-state index is -1.07. The third-order valence-electron chi connectivity index (χ3n) is 4.06. The highest BCUT2D eigenvalue weighted by Gasteiger charge is 2.20. The second-order valence-corrected chi connectivity index (χ2v) is 7.03. The van der Waals surface area contributed by atoms with Gasteiger partial charge < -0.3 is 24.4 Å². The van der Waals surface area contributed by atoms with E-state index in [9.17, 15) is 9.59 Å². The molecule has 0 aliphatic carbocycles. The molecule has 0 bridgehead atoms. The first kappa shape index (κ1) is 21.7. The second-order valence-electron chi connectivity index (χ2n) is 6.24. The maximum atomic E-state index is 12.2. The van der Waals surface area contributed by atoms with E-state index in [1.165, 1.54) is 6.92 Å². The Morgan fingerprint density at radius 3 is 2.77 bits per heavy atom. The van der Waals surface area contributed by atoms with E-state index in [1.807, 2.05) is 0 Å². The first-order valence-electron chi connectivity index (χ1n) is 8.86. The SMILES string of the molecule is C/C(=N\OCC(=O)OC(C)C(=O)Nc1cccc(Cl)c1Cl)c1ccc2c(c1)OCO2. The Hall–Kier alpha value is -2.97. The van der Waals surface area contributed by atoms with E-state index in [2.05, 4.69) is 10.5 Å². The van der Waals surface area contributed by atoms with Crippen LogP contribution in [0.5, 0.6) is 11.5 Å². The number of esters is 1. The summed E-state index contributed by atoms with van der Waals surface area (Å²) in [5.74, 6) is -0.0480. The number of nitrogens with zero attached hydrogens (tertiary/aromatic N) is 1. The molecule has 158 valence electrons. The Bertz CT molecular complexity index is 995. The highest BCUT2D eigenvalue weighted by molar-refractivity contribution is 6.44. The number of ether oxygens (including phenoxy) is 3. The summed E-state index contributed by atoms with van der Waals surface area (Å²) in [7, 11) is 0. The third kappa shape index (κ3) is 5.34. The summed E-state index contributed by atoms with van der Waals surface area (Å²) in [4.78, 5) is 29.1. The van der Waals surface area contributed by atoms with Gasteiger partial charge in [-0.1, -0.05) is 34.4 Å². The molecule has 0 radical (unpaired) electrons. The zero-order chi connectivity index (χ0) is 21.7. The van der Waals surface area contributed by atoms with Crippen molar-refractivity contribution in [3.8, 4) is 11.5 Å². The molecular weight excluding hydrogens is 435 g/mol. The van der Waals surface area contributed by atoms with E-state index in [0.29, 0.717) is 27.9 Å². The van der Waals surface area contributed by atoms with Crippen molar-refractivity contribution in [2.45, 2.75) is 20.0 Å². The van der Waals surface area contributed by atoms with E-state index in [4.69, 9.17) is 42.3 Å². The number of oxime groups is 1. The summed E-state index contributed by atoms with van der Waals surface area (Å²) < 4.78 is 15.6. The molecule has 0 saturated heterocycles. The Morgan fingerprint density at radius 2 is 1.97 bits per heavy atom. The Morgan fingerprint density at radius 1 is 1.20 bits per heavy atom. The van der Waals surface area contributed by atoms with E-state index in [1.54, 1.807) is 43.3 Å². The van der Waals surface area contributed by atoms with Gasteiger partial charge in [-0.05, 0) is 44.2 Å². The van der Waals surface area contributed by atoms with E-state index in [-0.39, 0.29) is 11.8 Å². The lowest BCUT2D eigenvalue weighted by Crippen LogP contribution is -2.31. The monoisotopic (exact) mass is 452 g/mol. The molecule has 30 heavy (non-hydrogen) atoms. The summed E-state index contributed by atoms with van der Waals surface area (Å²) in [5, 5.41) is 6.93. The van der Waals surface area contributed by atoms with Gasteiger partial charge in [0.25, 0.3) is 5.91 Å². The van der Waals surface area contributed by atoms with Crippen molar-refractivity contribution >= 4 is 46.5 Å². The quantitative estimate of drug-likeness (QED) is 0.387. The average Bonchev–Trinajstić information content (AvgIpc) is 3.19. The molecule has 0 spiro atoms. The van der Waals surface area contributed by atoms with Gasteiger partial charge in [0.1, 0.15) is 0 Å². The molecule has 3 rings (SSSR count). The van der Waals surface area contributed by atoms with Gasteiger partial charge in [-0.25, -0.2) is 4.79 Å². The predicted molar refractivity (Wildman–Crippen MR) is 111 cm³/mol. The van der Waals surface area contributed by atoms with E-state index < -0.39 is 24.6 Å². The maximum absolute atomic E-state index is 12.2. The number of hydrogen-bond acceptors (Lipinski definition) is 7. The van der Waals surface area contributed by atoms with Crippen LogP contribution in [-0.4, -0.2) is 37.1 Å². The van der Waals surface area contributed by atoms with Crippen LogP contribution in [0.4, 0.5) is 5.69 Å². The number of rotatable bonds is 7. The van der Waals surface area contributed by atoms with Gasteiger partial charge in [0.15, 0.2) is 17.6 Å². The minimum Gasteiger partial charge on any atom is -0.454 e. The number of anilines is 1. The van der Waals surface area contributed by atoms with Gasteiger partial charge in [-0.2, -0.15) is 0 Å². The molecular formula is C20H18Cl2N2O6. The molecule has 1 atom stereocenters. The molecule has 1 N–H and O–H groups in total. The first-order chi connectivity index (χ1) is 14.3. The number of hydrogen-bond donors (Lipinski definition) is 1. The fourth-order valence-electron chi connectivity index (χ4n) is 2.48. The normalized spacial score (nSPS) is 13.5. The van der Waals surface area contributed by atoms with Crippen molar-refractivity contribution < 1.29 is 28.6 Å². The summed E-state index contributed by atoms with van der Waals surface area (Å²) in [6.45, 7) is 2.85. The van der Waals surface area contributed by atoms with Crippen LogP contribution >= 0.6 is 23.2 Å². The number of amides is 1. The minimum absolute atomic E-state index is 0.173. The number of halogens is 2. The molecule has 2 aromatic carbocycles. The molecule has 1 aliphatic rings. The Kier molecular flexibility index (Phi) is 7.02. The molecule has 2 aromatic rings. The van der Waals surface area contributed by atoms with Crippen molar-refractivity contribution in [2.75, 3.05) is 18.7 Å². The summed E-state index contributed by atoms with van der Waals surface area (Å²) in [6, 6.07) is 10.1. The molecule has 10 heteroatoms. The molecule has 1 amide bonds. The summed E-state index contributed by atoms with van der Waals surface area (Å²) in [6.07, 6.45) is -1.07. The molecule has 1 aliphatic heterocycles. The standard InChI is InChI=1S/C20H18Cl2N2O6/c1-11(13-6-7-16-17(8-13)28-10-27-16)24-29-9-18(25)30-12(2)20(26)23-15-5-3-4-14(21)19(15)22/h3-8,12H,9-10H2,1-2H3,(H,23,26)/b24-11+. The van der Waals surface area contributed by atoms with Gasteiger partial charge >= 0.3 is 5.97 Å². The van der Waals surface area contributed by atoms with Gasteiger partial charge in [0.05, 0.1) is 21.4 Å². The fraction of sp³-hybridized carbons (Fsp3) is 0.250. The van der Waals surface area contributed by atoms with Gasteiger partial charge in [0, 0.05) is 5.56 Å². The number of fused-ring (bicyclic) bond motifs is 1. The van der Waals surface area contributed by atoms with Crippen molar-refractivity contribution in [3.63, 3.8) is 0 Å². The second kappa shape index (κ2) is 9.69. The maximum Gasteiger partial charge on any atom is 0.347 e. The molecule has 1 heterocycles. The van der Waals surface area contributed by atoms with Gasteiger partial charge in [-0.3, -0.25) is 4.79 Å². The van der Waals surface area contributed by atoms with Crippen LogP contribution in [0.15, 0.2) is 41.6 Å². The topological polar surface area (TPSA) is 95.5 Å². The zero-order valence-corrected chi connectivity index (χ0v) is 17.6. The van der Waals surface area contributed by atoms with Crippen molar-refractivity contribution in [3.05, 3.63) is 52.0 Å². The molecule has 1 unspecified atom stereocenters. The number of carbonyl (C=O) groups is 2. The highest BCUT2D eigenvalue weighted by Crippen LogP contribution is 2.32. The van der Waals surface area contributed by atoms with Crippen LogP contribution in [0, 0.1) is 0 Å². The van der Waals surface area contributed by atoms with Crippen LogP contribution in [0.25, 0.3) is 0 Å². The van der Waals surface area contributed by atoms with E-state index in [0.717, 1.165) is 5.56 Å². The number of carbonyl (C=O) groups excluding carboxylic acids is 2. The van der Waals surface area contributed by atoms with Crippen LogP contribution in [0.3, 0.4) is 0 Å². The molecule has 8 nitrogen and oxygen atoms in total. The summed E-state index contributed by atoms with van der Waals surface area (Å²) in [5.41, 5.74) is 1.60. The lowest BCUT2D eigenvalue weighted by molar-refractivity contribution is -0.157. The molecule has 0 aromatic heterocycles. The summed E-state index contributed by atoms with van der Waals surface area (Å²) >= 11 is 11.9.